The van der Waals surface area contributed by atoms with E-state index >= 15 is 0 Å². The van der Waals surface area contributed by atoms with E-state index in [-0.39, 0.29) is 11.9 Å². The van der Waals surface area contributed by atoms with Crippen molar-refractivity contribution in [2.45, 2.75) is 38.7 Å². The lowest BCUT2D eigenvalue weighted by molar-refractivity contribution is 0.201. The maximum atomic E-state index is 13.7. The highest BCUT2D eigenvalue weighted by Crippen LogP contribution is 2.34. The Kier molecular flexibility index (Phi) is 4.70. The molecule has 0 saturated heterocycles. The molecule has 0 spiro atoms. The number of hydrogen-bond donors (Lipinski definition) is 1. The number of benzene rings is 2. The number of halogens is 1. The van der Waals surface area contributed by atoms with Gasteiger partial charge >= 0.3 is 0 Å². The van der Waals surface area contributed by atoms with Crippen LogP contribution in [0.3, 0.4) is 0 Å². The molecular weight excluding hydrogens is 293 g/mol. The van der Waals surface area contributed by atoms with E-state index in [4.69, 9.17) is 9.47 Å². The van der Waals surface area contributed by atoms with Crippen molar-refractivity contribution in [3.63, 3.8) is 0 Å². The third-order valence-electron chi connectivity index (χ3n) is 4.22. The molecule has 1 fully saturated rings. The lowest BCUT2D eigenvalue weighted by Gasteiger charge is -2.17. The summed E-state index contributed by atoms with van der Waals surface area (Å²) < 4.78 is 25.1. The Morgan fingerprint density at radius 1 is 1.00 bits per heavy atom. The van der Waals surface area contributed by atoms with Gasteiger partial charge in [0.05, 0.1) is 13.2 Å². The van der Waals surface area contributed by atoms with Crippen LogP contribution in [0, 0.1) is 12.7 Å². The first-order chi connectivity index (χ1) is 11.2. The van der Waals surface area contributed by atoms with Crippen LogP contribution in [-0.2, 0) is 0 Å². The summed E-state index contributed by atoms with van der Waals surface area (Å²) in [6, 6.07) is 10.8. The summed E-state index contributed by atoms with van der Waals surface area (Å²) in [5.74, 6) is 1.24. The normalized spacial score (nSPS) is 14.7. The summed E-state index contributed by atoms with van der Waals surface area (Å²) in [5.41, 5.74) is 2.20. The third kappa shape index (κ3) is 3.76. The summed E-state index contributed by atoms with van der Waals surface area (Å²) in [4.78, 5) is 0. The lowest BCUT2D eigenvalue weighted by atomic mass is 10.2. The Morgan fingerprint density at radius 2 is 1.70 bits per heavy atom. The molecule has 4 heteroatoms. The SMILES string of the molecule is COc1ccc(Nc2ccc(C)c(F)c2)cc1OC1CCCC1. The van der Waals surface area contributed by atoms with Crippen molar-refractivity contribution in [3.8, 4) is 11.5 Å². The predicted molar refractivity (Wildman–Crippen MR) is 90.3 cm³/mol. The van der Waals surface area contributed by atoms with Crippen molar-refractivity contribution in [1.82, 2.24) is 0 Å². The van der Waals surface area contributed by atoms with Crippen molar-refractivity contribution >= 4 is 11.4 Å². The van der Waals surface area contributed by atoms with Crippen LogP contribution in [0.2, 0.25) is 0 Å². The van der Waals surface area contributed by atoms with Gasteiger partial charge in [0, 0.05) is 17.4 Å². The van der Waals surface area contributed by atoms with Crippen LogP contribution < -0.4 is 14.8 Å². The summed E-state index contributed by atoms with van der Waals surface area (Å²) in [6.45, 7) is 1.75. The van der Waals surface area contributed by atoms with Crippen molar-refractivity contribution in [2.75, 3.05) is 12.4 Å². The fourth-order valence-electron chi connectivity index (χ4n) is 2.87. The molecule has 0 amide bonds. The van der Waals surface area contributed by atoms with Gasteiger partial charge in [-0.3, -0.25) is 0 Å². The van der Waals surface area contributed by atoms with Crippen LogP contribution in [0.1, 0.15) is 31.2 Å². The third-order valence-corrected chi connectivity index (χ3v) is 4.22. The number of methoxy groups -OCH3 is 1. The molecule has 0 aliphatic heterocycles. The maximum absolute atomic E-state index is 13.7. The van der Waals surface area contributed by atoms with Gasteiger partial charge in [-0.2, -0.15) is 0 Å². The molecule has 1 saturated carbocycles. The monoisotopic (exact) mass is 315 g/mol. The minimum Gasteiger partial charge on any atom is -0.493 e. The van der Waals surface area contributed by atoms with Gasteiger partial charge in [0.25, 0.3) is 0 Å². The van der Waals surface area contributed by atoms with Gasteiger partial charge in [0.1, 0.15) is 5.82 Å². The number of hydrogen-bond acceptors (Lipinski definition) is 3. The van der Waals surface area contributed by atoms with Gasteiger partial charge in [-0.15, -0.1) is 0 Å². The fraction of sp³-hybridized carbons (Fsp3) is 0.368. The number of nitrogens with one attached hydrogen (secondary N) is 1. The topological polar surface area (TPSA) is 30.5 Å². The first-order valence-electron chi connectivity index (χ1n) is 8.03. The molecule has 23 heavy (non-hydrogen) atoms. The molecule has 122 valence electrons. The van der Waals surface area contributed by atoms with Gasteiger partial charge in [-0.1, -0.05) is 6.07 Å². The standard InChI is InChI=1S/C19H22FNO2/c1-13-7-8-14(11-17(13)20)21-15-9-10-18(22-2)19(12-15)23-16-5-3-4-6-16/h7-12,16,21H,3-6H2,1-2H3. The second kappa shape index (κ2) is 6.90. The second-order valence-corrected chi connectivity index (χ2v) is 5.98. The Labute approximate surface area is 136 Å². The number of rotatable bonds is 5. The van der Waals surface area contributed by atoms with E-state index in [0.29, 0.717) is 11.3 Å². The molecule has 1 aliphatic carbocycles. The molecule has 0 unspecified atom stereocenters. The summed E-state index contributed by atoms with van der Waals surface area (Å²) in [5, 5.41) is 3.21. The van der Waals surface area contributed by atoms with Gasteiger partial charge < -0.3 is 14.8 Å². The van der Waals surface area contributed by atoms with Crippen LogP contribution in [-0.4, -0.2) is 13.2 Å². The minimum absolute atomic E-state index is 0.217. The molecule has 0 radical (unpaired) electrons. The molecular formula is C19H22FNO2. The van der Waals surface area contributed by atoms with Crippen molar-refractivity contribution in [1.29, 1.82) is 0 Å². The Bertz CT molecular complexity index is 681. The summed E-state index contributed by atoms with van der Waals surface area (Å²) in [7, 11) is 1.64. The molecule has 2 aromatic carbocycles. The van der Waals surface area contributed by atoms with Gasteiger partial charge in [-0.05, 0) is 62.4 Å². The van der Waals surface area contributed by atoms with Crippen LogP contribution in [0.4, 0.5) is 15.8 Å². The van der Waals surface area contributed by atoms with Crippen LogP contribution >= 0.6 is 0 Å². The zero-order chi connectivity index (χ0) is 16.2. The fourth-order valence-corrected chi connectivity index (χ4v) is 2.87. The van der Waals surface area contributed by atoms with Crippen molar-refractivity contribution < 1.29 is 13.9 Å². The van der Waals surface area contributed by atoms with E-state index in [1.54, 1.807) is 20.1 Å². The zero-order valence-corrected chi connectivity index (χ0v) is 13.6. The van der Waals surface area contributed by atoms with E-state index in [1.807, 2.05) is 24.3 Å². The maximum Gasteiger partial charge on any atom is 0.163 e. The largest absolute Gasteiger partial charge is 0.493 e. The molecule has 3 nitrogen and oxygen atoms in total. The first-order valence-corrected chi connectivity index (χ1v) is 8.03. The van der Waals surface area contributed by atoms with E-state index in [1.165, 1.54) is 18.9 Å². The van der Waals surface area contributed by atoms with E-state index in [9.17, 15) is 4.39 Å². The van der Waals surface area contributed by atoms with Crippen LogP contribution in [0.5, 0.6) is 11.5 Å². The average Bonchev–Trinajstić information content (AvgIpc) is 3.04. The van der Waals surface area contributed by atoms with E-state index < -0.39 is 0 Å². The lowest BCUT2D eigenvalue weighted by Crippen LogP contribution is -2.11. The van der Waals surface area contributed by atoms with Gasteiger partial charge in [-0.25, -0.2) is 4.39 Å². The number of aryl methyl sites for hydroxylation is 1. The molecule has 0 aromatic heterocycles. The molecule has 0 bridgehead atoms. The number of anilines is 2. The Morgan fingerprint density at radius 3 is 2.39 bits per heavy atom. The Balaban J connectivity index is 1.80. The molecule has 1 N–H and O–H groups in total. The quantitative estimate of drug-likeness (QED) is 0.822. The molecule has 3 rings (SSSR count). The van der Waals surface area contributed by atoms with Crippen molar-refractivity contribution in [3.05, 3.63) is 47.8 Å². The molecule has 0 atom stereocenters. The molecule has 2 aromatic rings. The van der Waals surface area contributed by atoms with Gasteiger partial charge in [0.2, 0.25) is 0 Å². The molecule has 0 heterocycles. The number of ether oxygens (including phenoxy) is 2. The summed E-state index contributed by atoms with van der Waals surface area (Å²) in [6.07, 6.45) is 4.87. The Hall–Kier alpha value is -2.23. The zero-order valence-electron chi connectivity index (χ0n) is 13.6. The van der Waals surface area contributed by atoms with E-state index in [2.05, 4.69) is 5.32 Å². The van der Waals surface area contributed by atoms with Crippen LogP contribution in [0.15, 0.2) is 36.4 Å². The second-order valence-electron chi connectivity index (χ2n) is 5.98. The van der Waals surface area contributed by atoms with E-state index in [0.717, 1.165) is 30.0 Å². The molecule has 1 aliphatic rings. The van der Waals surface area contributed by atoms with Gasteiger partial charge in [0.15, 0.2) is 11.5 Å². The highest BCUT2D eigenvalue weighted by atomic mass is 19.1. The highest BCUT2D eigenvalue weighted by Gasteiger charge is 2.18. The average molecular weight is 315 g/mol. The summed E-state index contributed by atoms with van der Waals surface area (Å²) >= 11 is 0. The first kappa shape index (κ1) is 15.7. The highest BCUT2D eigenvalue weighted by molar-refractivity contribution is 5.63. The minimum atomic E-state index is -0.217. The predicted octanol–water partition coefficient (Wildman–Crippen LogP) is 5.21. The van der Waals surface area contributed by atoms with Crippen LogP contribution in [0.25, 0.3) is 0 Å². The van der Waals surface area contributed by atoms with Crippen molar-refractivity contribution in [2.24, 2.45) is 0 Å². The smallest absolute Gasteiger partial charge is 0.163 e.